The van der Waals surface area contributed by atoms with Gasteiger partial charge in [-0.25, -0.2) is 9.97 Å². The standard InChI is InChI=1S/C26H28N6O3/c1-31-9-7-20-19(13-31)22(6-8-29-20)34-17-10-26(11-17)14-32(15-26)25-23(12-28-16-30-25)35-21-5-3-2-4-18(21)24(27)33/h2-6,8,12,16-17H,7,9-11,13-15H2,1H3,(H2,27,33). The number of primary amides is 1. The second-order valence-corrected chi connectivity index (χ2v) is 9.90. The molecule has 3 aliphatic rings. The molecule has 1 spiro atoms. The van der Waals surface area contributed by atoms with Crippen molar-refractivity contribution >= 4 is 11.7 Å². The van der Waals surface area contributed by atoms with Crippen molar-refractivity contribution in [3.8, 4) is 17.2 Å². The van der Waals surface area contributed by atoms with E-state index in [9.17, 15) is 4.79 Å². The van der Waals surface area contributed by atoms with Gasteiger partial charge in [0.15, 0.2) is 11.6 Å². The highest BCUT2D eigenvalue weighted by molar-refractivity contribution is 5.95. The van der Waals surface area contributed by atoms with Crippen LogP contribution in [0.5, 0.6) is 17.2 Å². The summed E-state index contributed by atoms with van der Waals surface area (Å²) < 4.78 is 12.5. The van der Waals surface area contributed by atoms with E-state index in [1.807, 2.05) is 12.3 Å². The van der Waals surface area contributed by atoms with Crippen molar-refractivity contribution in [2.45, 2.75) is 31.9 Å². The second-order valence-electron chi connectivity index (χ2n) is 9.90. The Kier molecular flexibility index (Phi) is 5.29. The van der Waals surface area contributed by atoms with Crippen molar-refractivity contribution in [3.63, 3.8) is 0 Å². The number of likely N-dealkylation sites (N-methyl/N-ethyl adjacent to an activating group) is 1. The van der Waals surface area contributed by atoms with E-state index in [0.717, 1.165) is 57.0 Å². The second kappa shape index (κ2) is 8.49. The van der Waals surface area contributed by atoms with Crippen LogP contribution in [0, 0.1) is 5.41 Å². The number of carbonyl (C=O) groups is 1. The molecule has 2 N–H and O–H groups in total. The van der Waals surface area contributed by atoms with Crippen molar-refractivity contribution in [2.75, 3.05) is 31.6 Å². The molecule has 2 aliphatic heterocycles. The van der Waals surface area contributed by atoms with Crippen LogP contribution in [-0.2, 0) is 13.0 Å². The summed E-state index contributed by atoms with van der Waals surface area (Å²) in [5.74, 6) is 2.08. The average Bonchev–Trinajstić information content (AvgIpc) is 2.81. The summed E-state index contributed by atoms with van der Waals surface area (Å²) in [6, 6.07) is 8.93. The van der Waals surface area contributed by atoms with E-state index >= 15 is 0 Å². The molecule has 2 fully saturated rings. The van der Waals surface area contributed by atoms with Gasteiger partial charge in [0.2, 0.25) is 0 Å². The van der Waals surface area contributed by atoms with E-state index in [1.165, 1.54) is 17.6 Å². The van der Waals surface area contributed by atoms with Gasteiger partial charge < -0.3 is 25.0 Å². The maximum atomic E-state index is 11.8. The molecule has 0 atom stereocenters. The SMILES string of the molecule is CN1CCc2nccc(OC3CC4(C3)CN(c3ncncc3Oc3ccccc3C(N)=O)C4)c2C1. The highest BCUT2D eigenvalue weighted by atomic mass is 16.5. The zero-order valence-electron chi connectivity index (χ0n) is 19.7. The van der Waals surface area contributed by atoms with Gasteiger partial charge in [0.1, 0.15) is 23.9 Å². The monoisotopic (exact) mass is 472 g/mol. The Hall–Kier alpha value is -3.72. The van der Waals surface area contributed by atoms with Crippen LogP contribution in [-0.4, -0.2) is 58.5 Å². The fourth-order valence-corrected chi connectivity index (χ4v) is 5.49. The number of amides is 1. The lowest BCUT2D eigenvalue weighted by Crippen LogP contribution is -2.65. The molecule has 6 rings (SSSR count). The van der Waals surface area contributed by atoms with Crippen LogP contribution < -0.4 is 20.1 Å². The minimum absolute atomic E-state index is 0.222. The summed E-state index contributed by atoms with van der Waals surface area (Å²) in [5.41, 5.74) is 8.46. The highest BCUT2D eigenvalue weighted by Crippen LogP contribution is 2.52. The summed E-state index contributed by atoms with van der Waals surface area (Å²) in [6.07, 6.45) is 8.24. The van der Waals surface area contributed by atoms with Crippen LogP contribution in [0.25, 0.3) is 0 Å². The molecule has 3 aromatic rings. The predicted molar refractivity (Wildman–Crippen MR) is 130 cm³/mol. The van der Waals surface area contributed by atoms with Gasteiger partial charge in [-0.15, -0.1) is 0 Å². The van der Waals surface area contributed by atoms with Crippen molar-refractivity contribution < 1.29 is 14.3 Å². The van der Waals surface area contributed by atoms with Gasteiger partial charge in [0.25, 0.3) is 5.91 Å². The number of hydrogen-bond donors (Lipinski definition) is 1. The zero-order chi connectivity index (χ0) is 24.0. The first kappa shape index (κ1) is 21.8. The first-order chi connectivity index (χ1) is 17.0. The minimum Gasteiger partial charge on any atom is -0.490 e. The number of fused-ring (bicyclic) bond motifs is 1. The quantitative estimate of drug-likeness (QED) is 0.584. The molecule has 0 unspecified atom stereocenters. The fourth-order valence-electron chi connectivity index (χ4n) is 5.49. The number of para-hydroxylation sites is 1. The Morgan fingerprint density at radius 3 is 2.77 bits per heavy atom. The molecule has 1 amide bonds. The van der Waals surface area contributed by atoms with E-state index < -0.39 is 5.91 Å². The number of ether oxygens (including phenoxy) is 2. The van der Waals surface area contributed by atoms with Crippen molar-refractivity contribution in [1.29, 1.82) is 0 Å². The molecule has 1 saturated carbocycles. The Labute approximate surface area is 203 Å². The van der Waals surface area contributed by atoms with Crippen LogP contribution in [0.3, 0.4) is 0 Å². The van der Waals surface area contributed by atoms with Crippen LogP contribution in [0.15, 0.2) is 49.1 Å². The van der Waals surface area contributed by atoms with Gasteiger partial charge in [-0.1, -0.05) is 12.1 Å². The summed E-state index contributed by atoms with van der Waals surface area (Å²) in [6.45, 7) is 3.69. The third kappa shape index (κ3) is 4.05. The Bertz CT molecular complexity index is 1270. The topological polar surface area (TPSA) is 107 Å². The number of hydrogen-bond acceptors (Lipinski definition) is 8. The number of anilines is 1. The Morgan fingerprint density at radius 1 is 1.11 bits per heavy atom. The first-order valence-corrected chi connectivity index (χ1v) is 11.9. The minimum atomic E-state index is -0.537. The van der Waals surface area contributed by atoms with Gasteiger partial charge in [-0.05, 0) is 38.1 Å². The number of benzene rings is 1. The van der Waals surface area contributed by atoms with E-state index in [4.69, 9.17) is 15.2 Å². The number of nitrogens with zero attached hydrogens (tertiary/aromatic N) is 5. The lowest BCUT2D eigenvalue weighted by Gasteiger charge is -2.59. The molecule has 0 bridgehead atoms. The summed E-state index contributed by atoms with van der Waals surface area (Å²) >= 11 is 0. The van der Waals surface area contributed by atoms with Crippen LogP contribution in [0.1, 0.15) is 34.5 Å². The molecular weight excluding hydrogens is 444 g/mol. The number of nitrogens with two attached hydrogens (primary N) is 1. The third-order valence-electron chi connectivity index (χ3n) is 7.26. The zero-order valence-corrected chi connectivity index (χ0v) is 19.7. The number of carbonyl (C=O) groups excluding carboxylic acids is 1. The fraction of sp³-hybridized carbons (Fsp3) is 0.385. The average molecular weight is 473 g/mol. The lowest BCUT2D eigenvalue weighted by atomic mass is 9.61. The lowest BCUT2D eigenvalue weighted by molar-refractivity contribution is -0.0352. The predicted octanol–water partition coefficient (Wildman–Crippen LogP) is 2.80. The van der Waals surface area contributed by atoms with E-state index in [0.29, 0.717) is 17.1 Å². The van der Waals surface area contributed by atoms with Gasteiger partial charge in [0.05, 0.1) is 11.8 Å². The molecule has 1 aliphatic carbocycles. The smallest absolute Gasteiger partial charge is 0.252 e. The van der Waals surface area contributed by atoms with E-state index in [-0.39, 0.29) is 11.5 Å². The summed E-state index contributed by atoms with van der Waals surface area (Å²) in [7, 11) is 2.14. The highest BCUT2D eigenvalue weighted by Gasteiger charge is 2.54. The van der Waals surface area contributed by atoms with Crippen molar-refractivity contribution in [3.05, 3.63) is 65.9 Å². The molecule has 180 valence electrons. The van der Waals surface area contributed by atoms with Crippen LogP contribution in [0.2, 0.25) is 0 Å². The normalized spacial score (nSPS) is 18.9. The third-order valence-corrected chi connectivity index (χ3v) is 7.26. The van der Waals surface area contributed by atoms with Gasteiger partial charge in [0, 0.05) is 55.5 Å². The number of rotatable bonds is 6. The maximum absolute atomic E-state index is 11.8. The molecule has 2 aromatic heterocycles. The number of aromatic nitrogens is 3. The molecule has 9 heteroatoms. The van der Waals surface area contributed by atoms with Crippen molar-refractivity contribution in [2.24, 2.45) is 11.1 Å². The molecule has 35 heavy (non-hydrogen) atoms. The van der Waals surface area contributed by atoms with Gasteiger partial charge in [-0.3, -0.25) is 9.78 Å². The van der Waals surface area contributed by atoms with Crippen molar-refractivity contribution in [1.82, 2.24) is 19.9 Å². The molecular formula is C26H28N6O3. The van der Waals surface area contributed by atoms with Crippen LogP contribution >= 0.6 is 0 Å². The molecule has 4 heterocycles. The molecule has 1 saturated heterocycles. The Morgan fingerprint density at radius 2 is 1.94 bits per heavy atom. The van der Waals surface area contributed by atoms with E-state index in [2.05, 4.69) is 31.8 Å². The maximum Gasteiger partial charge on any atom is 0.252 e. The van der Waals surface area contributed by atoms with Gasteiger partial charge in [-0.2, -0.15) is 0 Å². The Balaban J connectivity index is 1.10. The summed E-state index contributed by atoms with van der Waals surface area (Å²) in [5, 5.41) is 0. The first-order valence-electron chi connectivity index (χ1n) is 11.9. The van der Waals surface area contributed by atoms with E-state index in [1.54, 1.807) is 30.5 Å². The largest absolute Gasteiger partial charge is 0.490 e. The van der Waals surface area contributed by atoms with Crippen LogP contribution in [0.4, 0.5) is 5.82 Å². The number of pyridine rings is 1. The molecule has 0 radical (unpaired) electrons. The summed E-state index contributed by atoms with van der Waals surface area (Å²) in [4.78, 5) is 29.4. The molecule has 1 aromatic carbocycles. The van der Waals surface area contributed by atoms with Gasteiger partial charge >= 0.3 is 0 Å². The molecule has 9 nitrogen and oxygen atoms in total.